The molecular formula is C12H13F2N3. The Kier molecular flexibility index (Phi) is 3.08. The van der Waals surface area contributed by atoms with Crippen LogP contribution in [0.3, 0.4) is 0 Å². The molecule has 0 aliphatic rings. The van der Waals surface area contributed by atoms with Crippen LogP contribution >= 0.6 is 0 Å². The van der Waals surface area contributed by atoms with E-state index in [-0.39, 0.29) is 6.54 Å². The Morgan fingerprint density at radius 1 is 1.35 bits per heavy atom. The number of aromatic nitrogens is 2. The molecule has 0 aliphatic carbocycles. The standard InChI is InChI=1S/C12H13F2N3/c1-8-7-17(2)12(16-8)15-6-9-3-4-10(13)5-11(9)14/h3-5,7H,6H2,1-2H3,(H,15,16). The third-order valence-corrected chi connectivity index (χ3v) is 2.45. The zero-order valence-corrected chi connectivity index (χ0v) is 9.67. The molecule has 0 amide bonds. The second-order valence-electron chi connectivity index (χ2n) is 3.91. The van der Waals surface area contributed by atoms with Crippen molar-refractivity contribution in [1.29, 1.82) is 0 Å². The van der Waals surface area contributed by atoms with Crippen LogP contribution in [0.4, 0.5) is 14.7 Å². The zero-order valence-electron chi connectivity index (χ0n) is 9.67. The molecule has 1 aromatic heterocycles. The summed E-state index contributed by atoms with van der Waals surface area (Å²) < 4.78 is 27.9. The number of halogens is 2. The number of hydrogen-bond donors (Lipinski definition) is 1. The minimum atomic E-state index is -0.570. The molecule has 0 saturated heterocycles. The summed E-state index contributed by atoms with van der Waals surface area (Å²) in [5.41, 5.74) is 1.29. The first-order valence-electron chi connectivity index (χ1n) is 5.24. The predicted octanol–water partition coefficient (Wildman–Crippen LogP) is 2.62. The maximum atomic E-state index is 13.4. The number of hydrogen-bond acceptors (Lipinski definition) is 2. The summed E-state index contributed by atoms with van der Waals surface area (Å²) in [6.45, 7) is 2.15. The molecule has 3 nitrogen and oxygen atoms in total. The predicted molar refractivity (Wildman–Crippen MR) is 61.6 cm³/mol. The Balaban J connectivity index is 2.10. The lowest BCUT2D eigenvalue weighted by atomic mass is 10.2. The van der Waals surface area contributed by atoms with Gasteiger partial charge in [0, 0.05) is 31.4 Å². The van der Waals surface area contributed by atoms with Crippen LogP contribution < -0.4 is 5.32 Å². The number of aryl methyl sites for hydroxylation is 2. The Bertz CT molecular complexity index is 535. The first-order chi connectivity index (χ1) is 8.06. The number of nitrogens with one attached hydrogen (secondary N) is 1. The van der Waals surface area contributed by atoms with Gasteiger partial charge in [-0.1, -0.05) is 6.07 Å². The molecule has 0 bridgehead atoms. The van der Waals surface area contributed by atoms with E-state index in [4.69, 9.17) is 0 Å². The van der Waals surface area contributed by atoms with E-state index in [1.165, 1.54) is 12.1 Å². The van der Waals surface area contributed by atoms with Crippen molar-refractivity contribution in [3.8, 4) is 0 Å². The van der Waals surface area contributed by atoms with E-state index in [1.54, 1.807) is 0 Å². The van der Waals surface area contributed by atoms with Crippen LogP contribution in [0.15, 0.2) is 24.4 Å². The van der Waals surface area contributed by atoms with Crippen LogP contribution in [0.2, 0.25) is 0 Å². The van der Waals surface area contributed by atoms with Crippen LogP contribution in [0.5, 0.6) is 0 Å². The maximum absolute atomic E-state index is 13.4. The highest BCUT2D eigenvalue weighted by molar-refractivity contribution is 5.31. The van der Waals surface area contributed by atoms with Gasteiger partial charge in [-0.3, -0.25) is 0 Å². The quantitative estimate of drug-likeness (QED) is 0.889. The molecule has 0 saturated carbocycles. The van der Waals surface area contributed by atoms with Crippen LogP contribution in [0, 0.1) is 18.6 Å². The average Bonchev–Trinajstić information content (AvgIpc) is 2.56. The van der Waals surface area contributed by atoms with Gasteiger partial charge in [0.1, 0.15) is 11.6 Å². The van der Waals surface area contributed by atoms with Gasteiger partial charge in [-0.05, 0) is 13.0 Å². The van der Waals surface area contributed by atoms with Gasteiger partial charge in [-0.25, -0.2) is 13.8 Å². The Hall–Kier alpha value is -1.91. The summed E-state index contributed by atoms with van der Waals surface area (Å²) in [7, 11) is 1.85. The minimum Gasteiger partial charge on any atom is -0.351 e. The van der Waals surface area contributed by atoms with E-state index in [2.05, 4.69) is 10.3 Å². The molecule has 0 atom stereocenters. The summed E-state index contributed by atoms with van der Waals surface area (Å²) in [6, 6.07) is 3.54. The van der Waals surface area contributed by atoms with Crippen molar-refractivity contribution < 1.29 is 8.78 Å². The maximum Gasteiger partial charge on any atom is 0.203 e. The topological polar surface area (TPSA) is 29.9 Å². The molecule has 2 rings (SSSR count). The van der Waals surface area contributed by atoms with Gasteiger partial charge in [-0.2, -0.15) is 0 Å². The molecular weight excluding hydrogens is 224 g/mol. The second kappa shape index (κ2) is 4.53. The molecule has 1 aromatic carbocycles. The van der Waals surface area contributed by atoms with Gasteiger partial charge in [0.05, 0.1) is 5.69 Å². The summed E-state index contributed by atoms with van der Waals surface area (Å²) in [5.74, 6) is -0.464. The lowest BCUT2D eigenvalue weighted by Gasteiger charge is -2.06. The first-order valence-corrected chi connectivity index (χ1v) is 5.24. The lowest BCUT2D eigenvalue weighted by molar-refractivity contribution is 0.574. The summed E-state index contributed by atoms with van der Waals surface area (Å²) in [4.78, 5) is 4.23. The fourth-order valence-corrected chi connectivity index (χ4v) is 1.62. The van der Waals surface area contributed by atoms with Crippen LogP contribution in [0.1, 0.15) is 11.3 Å². The summed E-state index contributed by atoms with van der Waals surface area (Å²) in [6.07, 6.45) is 1.86. The molecule has 0 radical (unpaired) electrons. The minimum absolute atomic E-state index is 0.274. The van der Waals surface area contributed by atoms with Gasteiger partial charge in [0.2, 0.25) is 5.95 Å². The van der Waals surface area contributed by atoms with Crippen LogP contribution in [0.25, 0.3) is 0 Å². The van der Waals surface area contributed by atoms with Gasteiger partial charge >= 0.3 is 0 Å². The Morgan fingerprint density at radius 3 is 2.71 bits per heavy atom. The largest absolute Gasteiger partial charge is 0.351 e. The van der Waals surface area contributed by atoms with Crippen LogP contribution in [-0.4, -0.2) is 9.55 Å². The number of benzene rings is 1. The number of rotatable bonds is 3. The molecule has 5 heteroatoms. The third kappa shape index (κ3) is 2.61. The third-order valence-electron chi connectivity index (χ3n) is 2.45. The molecule has 1 N–H and O–H groups in total. The Labute approximate surface area is 98.1 Å². The molecule has 1 heterocycles. The highest BCUT2D eigenvalue weighted by atomic mass is 19.1. The molecule has 0 aliphatic heterocycles. The number of nitrogens with zero attached hydrogens (tertiary/aromatic N) is 2. The highest BCUT2D eigenvalue weighted by Crippen LogP contribution is 2.12. The second-order valence-corrected chi connectivity index (χ2v) is 3.91. The van der Waals surface area contributed by atoms with Gasteiger partial charge < -0.3 is 9.88 Å². The van der Waals surface area contributed by atoms with E-state index in [9.17, 15) is 8.78 Å². The fourth-order valence-electron chi connectivity index (χ4n) is 1.62. The first kappa shape index (κ1) is 11.6. The van der Waals surface area contributed by atoms with Crippen molar-refractivity contribution in [3.63, 3.8) is 0 Å². The molecule has 0 fully saturated rings. The summed E-state index contributed by atoms with van der Waals surface area (Å²) in [5, 5.41) is 3.00. The van der Waals surface area contributed by atoms with Crippen molar-refractivity contribution in [2.24, 2.45) is 7.05 Å². The lowest BCUT2D eigenvalue weighted by Crippen LogP contribution is -2.06. The number of imidazole rings is 1. The van der Waals surface area contributed by atoms with Gasteiger partial charge in [0.25, 0.3) is 0 Å². The Morgan fingerprint density at radius 2 is 2.12 bits per heavy atom. The molecule has 17 heavy (non-hydrogen) atoms. The number of anilines is 1. The van der Waals surface area contributed by atoms with Crippen LogP contribution in [-0.2, 0) is 13.6 Å². The van der Waals surface area contributed by atoms with Gasteiger partial charge in [0.15, 0.2) is 0 Å². The van der Waals surface area contributed by atoms with E-state index in [1.807, 2.05) is 24.7 Å². The molecule has 2 aromatic rings. The summed E-state index contributed by atoms with van der Waals surface area (Å²) >= 11 is 0. The van der Waals surface area contributed by atoms with Crippen molar-refractivity contribution in [2.75, 3.05) is 5.32 Å². The van der Waals surface area contributed by atoms with Crippen molar-refractivity contribution >= 4 is 5.95 Å². The zero-order chi connectivity index (χ0) is 12.4. The van der Waals surface area contributed by atoms with Crippen molar-refractivity contribution in [3.05, 3.63) is 47.3 Å². The molecule has 0 spiro atoms. The molecule has 90 valence electrons. The van der Waals surface area contributed by atoms with Crippen molar-refractivity contribution in [2.45, 2.75) is 13.5 Å². The van der Waals surface area contributed by atoms with Crippen molar-refractivity contribution in [1.82, 2.24) is 9.55 Å². The van der Waals surface area contributed by atoms with E-state index in [0.29, 0.717) is 11.5 Å². The normalized spacial score (nSPS) is 10.6. The SMILES string of the molecule is Cc1cn(C)c(NCc2ccc(F)cc2F)n1. The van der Waals surface area contributed by atoms with E-state index in [0.717, 1.165) is 11.8 Å². The van der Waals surface area contributed by atoms with Gasteiger partial charge in [-0.15, -0.1) is 0 Å². The molecule has 0 unspecified atom stereocenters. The van der Waals surface area contributed by atoms with E-state index < -0.39 is 11.6 Å². The monoisotopic (exact) mass is 237 g/mol. The fraction of sp³-hybridized carbons (Fsp3) is 0.250. The van der Waals surface area contributed by atoms with E-state index >= 15 is 0 Å². The average molecular weight is 237 g/mol. The highest BCUT2D eigenvalue weighted by Gasteiger charge is 2.06. The smallest absolute Gasteiger partial charge is 0.203 e.